The zero-order valence-electron chi connectivity index (χ0n) is 13.6. The summed E-state index contributed by atoms with van der Waals surface area (Å²) in [6, 6.07) is 8.16. The Morgan fingerprint density at radius 3 is 2.43 bits per heavy atom. The van der Waals surface area contributed by atoms with Gasteiger partial charge in [-0.3, -0.25) is 4.79 Å². The number of carbonyl (C=O) groups excluding carboxylic acids is 1. The lowest BCUT2D eigenvalue weighted by Gasteiger charge is -2.19. The van der Waals surface area contributed by atoms with Crippen molar-refractivity contribution in [2.24, 2.45) is 5.73 Å². The normalized spacial score (nSPS) is 12.8. The zero-order chi connectivity index (χ0) is 15.9. The van der Waals surface area contributed by atoms with E-state index in [4.69, 9.17) is 10.5 Å². The molecule has 0 radical (unpaired) electrons. The molecule has 0 aromatic heterocycles. The third-order valence-electron chi connectivity index (χ3n) is 3.24. The van der Waals surface area contributed by atoms with E-state index in [1.807, 2.05) is 19.1 Å². The predicted octanol–water partition coefficient (Wildman–Crippen LogP) is 2.61. The van der Waals surface area contributed by atoms with Gasteiger partial charge in [-0.05, 0) is 36.5 Å². The number of carbonyl (C=O) groups is 1. The Morgan fingerprint density at radius 1 is 1.29 bits per heavy atom. The quantitative estimate of drug-likeness (QED) is 0.759. The lowest BCUT2D eigenvalue weighted by atomic mass is 9.87. The van der Waals surface area contributed by atoms with E-state index < -0.39 is 0 Å². The van der Waals surface area contributed by atoms with Crippen LogP contribution in [0.3, 0.4) is 0 Å². The van der Waals surface area contributed by atoms with Crippen LogP contribution in [0.5, 0.6) is 5.75 Å². The molecule has 4 nitrogen and oxygen atoms in total. The molecule has 1 unspecified atom stereocenters. The maximum Gasteiger partial charge on any atom is 0.220 e. The first-order chi connectivity index (χ1) is 9.79. The second kappa shape index (κ2) is 8.03. The van der Waals surface area contributed by atoms with Gasteiger partial charge in [0.05, 0.1) is 6.54 Å². The summed E-state index contributed by atoms with van der Waals surface area (Å²) in [5.41, 5.74) is 7.03. The van der Waals surface area contributed by atoms with Crippen molar-refractivity contribution in [3.05, 3.63) is 29.8 Å². The molecule has 1 aromatic carbocycles. The highest BCUT2D eigenvalue weighted by atomic mass is 16.5. The molecule has 0 heterocycles. The number of nitrogens with two attached hydrogens (primary N) is 1. The molecule has 0 saturated heterocycles. The third-order valence-corrected chi connectivity index (χ3v) is 3.24. The molecule has 3 N–H and O–H groups in total. The number of hydrogen-bond donors (Lipinski definition) is 2. The van der Waals surface area contributed by atoms with Crippen molar-refractivity contribution in [2.75, 3.05) is 13.2 Å². The smallest absolute Gasteiger partial charge is 0.220 e. The minimum atomic E-state index is 0.0268. The first-order valence-electron chi connectivity index (χ1n) is 7.54. The van der Waals surface area contributed by atoms with Crippen molar-refractivity contribution in [2.45, 2.75) is 52.0 Å². The summed E-state index contributed by atoms with van der Waals surface area (Å²) < 4.78 is 5.61. The molecule has 0 aliphatic carbocycles. The Kier molecular flexibility index (Phi) is 6.69. The summed E-state index contributed by atoms with van der Waals surface area (Å²) in [5, 5.41) is 2.82. The van der Waals surface area contributed by atoms with E-state index in [9.17, 15) is 4.79 Å². The van der Waals surface area contributed by atoms with Crippen LogP contribution in [0.15, 0.2) is 24.3 Å². The van der Waals surface area contributed by atoms with E-state index in [-0.39, 0.29) is 17.4 Å². The van der Waals surface area contributed by atoms with Gasteiger partial charge in [-0.2, -0.15) is 0 Å². The van der Waals surface area contributed by atoms with Gasteiger partial charge in [-0.15, -0.1) is 0 Å². The number of nitrogens with one attached hydrogen (secondary N) is 1. The van der Waals surface area contributed by atoms with Gasteiger partial charge in [0.25, 0.3) is 0 Å². The molecule has 1 amide bonds. The fourth-order valence-electron chi connectivity index (χ4n) is 1.86. The van der Waals surface area contributed by atoms with Crippen LogP contribution < -0.4 is 15.8 Å². The van der Waals surface area contributed by atoms with Crippen molar-refractivity contribution in [1.82, 2.24) is 5.32 Å². The van der Waals surface area contributed by atoms with Crippen molar-refractivity contribution in [3.63, 3.8) is 0 Å². The van der Waals surface area contributed by atoms with E-state index in [1.54, 1.807) is 0 Å². The first-order valence-corrected chi connectivity index (χ1v) is 7.54. The van der Waals surface area contributed by atoms with Crippen LogP contribution in [0.1, 0.15) is 46.1 Å². The van der Waals surface area contributed by atoms with Crippen molar-refractivity contribution in [1.29, 1.82) is 0 Å². The molecular formula is C17H28N2O2. The Morgan fingerprint density at radius 2 is 1.90 bits per heavy atom. The van der Waals surface area contributed by atoms with E-state index >= 15 is 0 Å². The van der Waals surface area contributed by atoms with E-state index in [0.717, 1.165) is 5.75 Å². The Bertz CT molecular complexity index is 433. The van der Waals surface area contributed by atoms with Crippen LogP contribution >= 0.6 is 0 Å². The Balaban J connectivity index is 2.25. The van der Waals surface area contributed by atoms with Crippen molar-refractivity contribution in [3.8, 4) is 5.75 Å². The minimum absolute atomic E-state index is 0.0268. The molecule has 0 spiro atoms. The third kappa shape index (κ3) is 7.14. The van der Waals surface area contributed by atoms with E-state index in [1.165, 1.54) is 5.56 Å². The van der Waals surface area contributed by atoms with Gasteiger partial charge in [0.15, 0.2) is 0 Å². The van der Waals surface area contributed by atoms with Crippen LogP contribution in [0.2, 0.25) is 0 Å². The van der Waals surface area contributed by atoms with Crippen LogP contribution in [0.25, 0.3) is 0 Å². The molecule has 1 rings (SSSR count). The molecule has 0 bridgehead atoms. The van der Waals surface area contributed by atoms with Gasteiger partial charge in [0, 0.05) is 12.5 Å². The lowest BCUT2D eigenvalue weighted by Crippen LogP contribution is -2.29. The molecule has 21 heavy (non-hydrogen) atoms. The minimum Gasteiger partial charge on any atom is -0.492 e. The molecule has 1 aromatic rings. The van der Waals surface area contributed by atoms with Crippen molar-refractivity contribution >= 4 is 5.91 Å². The van der Waals surface area contributed by atoms with Crippen LogP contribution in [-0.4, -0.2) is 25.1 Å². The van der Waals surface area contributed by atoms with Crippen LogP contribution in [0, 0.1) is 0 Å². The zero-order valence-corrected chi connectivity index (χ0v) is 13.6. The van der Waals surface area contributed by atoms with Gasteiger partial charge < -0.3 is 15.8 Å². The number of hydrogen-bond acceptors (Lipinski definition) is 3. The lowest BCUT2D eigenvalue weighted by molar-refractivity contribution is -0.121. The van der Waals surface area contributed by atoms with Crippen LogP contribution in [-0.2, 0) is 10.2 Å². The van der Waals surface area contributed by atoms with Gasteiger partial charge in [-0.25, -0.2) is 0 Å². The van der Waals surface area contributed by atoms with E-state index in [2.05, 4.69) is 38.2 Å². The maximum absolute atomic E-state index is 11.5. The second-order valence-electron chi connectivity index (χ2n) is 6.49. The van der Waals surface area contributed by atoms with Crippen LogP contribution in [0.4, 0.5) is 0 Å². The van der Waals surface area contributed by atoms with Gasteiger partial charge >= 0.3 is 0 Å². The average Bonchev–Trinajstić information content (AvgIpc) is 2.41. The average molecular weight is 292 g/mol. The van der Waals surface area contributed by atoms with Crippen molar-refractivity contribution < 1.29 is 9.53 Å². The highest BCUT2D eigenvalue weighted by Crippen LogP contribution is 2.24. The Hall–Kier alpha value is -1.55. The SMILES string of the molecule is CC(N)CCC(=O)NCCOc1ccc(C(C)(C)C)cc1. The monoisotopic (exact) mass is 292 g/mol. The van der Waals surface area contributed by atoms with E-state index in [0.29, 0.717) is 26.0 Å². The molecular weight excluding hydrogens is 264 g/mol. The summed E-state index contributed by atoms with van der Waals surface area (Å²) >= 11 is 0. The molecule has 4 heteroatoms. The molecule has 0 fully saturated rings. The summed E-state index contributed by atoms with van der Waals surface area (Å²) in [5.74, 6) is 0.854. The predicted molar refractivity (Wildman–Crippen MR) is 86.5 cm³/mol. The molecule has 118 valence electrons. The van der Waals surface area contributed by atoms with Gasteiger partial charge in [0.1, 0.15) is 12.4 Å². The number of amides is 1. The second-order valence-corrected chi connectivity index (χ2v) is 6.49. The molecule has 0 aliphatic heterocycles. The fourth-order valence-corrected chi connectivity index (χ4v) is 1.86. The Labute approximate surface area is 128 Å². The molecule has 0 aliphatic rings. The topological polar surface area (TPSA) is 64.4 Å². The largest absolute Gasteiger partial charge is 0.492 e. The fraction of sp³-hybridized carbons (Fsp3) is 0.588. The molecule has 0 saturated carbocycles. The standard InChI is InChI=1S/C17H28N2O2/c1-13(18)5-10-16(20)19-11-12-21-15-8-6-14(7-9-15)17(2,3)4/h6-9,13H,5,10-12,18H2,1-4H3,(H,19,20). The summed E-state index contributed by atoms with van der Waals surface area (Å²) in [6.45, 7) is 9.43. The molecule has 1 atom stereocenters. The number of ether oxygens (including phenoxy) is 1. The first kappa shape index (κ1) is 17.5. The number of benzene rings is 1. The maximum atomic E-state index is 11.5. The number of rotatable bonds is 7. The summed E-state index contributed by atoms with van der Waals surface area (Å²) in [7, 11) is 0. The van der Waals surface area contributed by atoms with Gasteiger partial charge in [-0.1, -0.05) is 32.9 Å². The highest BCUT2D eigenvalue weighted by molar-refractivity contribution is 5.75. The summed E-state index contributed by atoms with van der Waals surface area (Å²) in [6.07, 6.45) is 1.18. The summed E-state index contributed by atoms with van der Waals surface area (Å²) in [4.78, 5) is 11.5. The highest BCUT2D eigenvalue weighted by Gasteiger charge is 2.12. The van der Waals surface area contributed by atoms with Gasteiger partial charge in [0.2, 0.25) is 5.91 Å².